The predicted molar refractivity (Wildman–Crippen MR) is 102 cm³/mol. The van der Waals surface area contributed by atoms with Crippen LogP contribution in [0.5, 0.6) is 0 Å². The van der Waals surface area contributed by atoms with Gasteiger partial charge in [-0.05, 0) is 29.7 Å². The number of anilines is 1. The summed E-state index contributed by atoms with van der Waals surface area (Å²) in [5.41, 5.74) is 5.52. The van der Waals surface area contributed by atoms with E-state index in [0.717, 1.165) is 0 Å². The first-order chi connectivity index (χ1) is 11.8. The zero-order valence-electron chi connectivity index (χ0n) is 14.3. The third-order valence-electron chi connectivity index (χ3n) is 5.38. The molecule has 1 heterocycles. The van der Waals surface area contributed by atoms with Gasteiger partial charge in [-0.15, -0.1) is 0 Å². The molecule has 0 amide bonds. The molecule has 0 saturated heterocycles. The van der Waals surface area contributed by atoms with Crippen LogP contribution in [0.1, 0.15) is 42.5 Å². The van der Waals surface area contributed by atoms with E-state index < -0.39 is 0 Å². The fourth-order valence-corrected chi connectivity index (χ4v) is 3.99. The molecule has 0 aromatic heterocycles. The molecule has 0 saturated carbocycles. The second-order valence-corrected chi connectivity index (χ2v) is 6.72. The summed E-state index contributed by atoms with van der Waals surface area (Å²) in [6, 6.07) is 31.3. The maximum atomic E-state index is 2.60. The minimum Gasteiger partial charge on any atom is -0.357 e. The van der Waals surface area contributed by atoms with Gasteiger partial charge in [0.1, 0.15) is 0 Å². The Morgan fingerprint density at radius 1 is 0.667 bits per heavy atom. The number of hydrogen-bond acceptors (Lipinski definition) is 1. The van der Waals surface area contributed by atoms with Gasteiger partial charge in [0, 0.05) is 17.6 Å². The molecule has 120 valence electrons. The highest BCUT2D eigenvalue weighted by Gasteiger charge is 2.37. The number of para-hydroxylation sites is 1. The third kappa shape index (κ3) is 2.41. The molecule has 1 unspecified atom stereocenters. The standard InChI is InChI=1S/C23H23N/c1-17-18(2)24(22-16-10-9-15-21(17)22)23(19-11-5-3-6-12-19)20-13-7-4-8-14-20/h3-18,23H,1-2H3/t17?,18-/m0/s1. The Hall–Kier alpha value is -2.54. The lowest BCUT2D eigenvalue weighted by Gasteiger charge is -2.36. The molecular weight excluding hydrogens is 290 g/mol. The van der Waals surface area contributed by atoms with Crippen LogP contribution >= 0.6 is 0 Å². The number of nitrogens with zero attached hydrogens (tertiary/aromatic N) is 1. The number of benzene rings is 3. The van der Waals surface area contributed by atoms with Gasteiger partial charge in [-0.25, -0.2) is 0 Å². The van der Waals surface area contributed by atoms with Crippen LogP contribution in [0.3, 0.4) is 0 Å². The Balaban J connectivity index is 1.89. The molecule has 1 nitrogen and oxygen atoms in total. The molecule has 4 rings (SSSR count). The molecule has 2 atom stereocenters. The Morgan fingerprint density at radius 3 is 1.75 bits per heavy atom. The first-order valence-electron chi connectivity index (χ1n) is 8.74. The molecule has 1 heteroatoms. The summed E-state index contributed by atoms with van der Waals surface area (Å²) >= 11 is 0. The summed E-state index contributed by atoms with van der Waals surface area (Å²) in [4.78, 5) is 2.60. The summed E-state index contributed by atoms with van der Waals surface area (Å²) in [7, 11) is 0. The van der Waals surface area contributed by atoms with Crippen LogP contribution in [0.25, 0.3) is 0 Å². The molecule has 24 heavy (non-hydrogen) atoms. The van der Waals surface area contributed by atoms with Crippen molar-refractivity contribution in [3.63, 3.8) is 0 Å². The summed E-state index contributed by atoms with van der Waals surface area (Å²) in [5, 5.41) is 0. The van der Waals surface area contributed by atoms with Gasteiger partial charge in [-0.3, -0.25) is 0 Å². The lowest BCUT2D eigenvalue weighted by Crippen LogP contribution is -2.35. The van der Waals surface area contributed by atoms with Gasteiger partial charge >= 0.3 is 0 Å². The van der Waals surface area contributed by atoms with Crippen molar-refractivity contribution in [1.29, 1.82) is 0 Å². The predicted octanol–water partition coefficient (Wildman–Crippen LogP) is 5.79. The highest BCUT2D eigenvalue weighted by Crippen LogP contribution is 2.46. The van der Waals surface area contributed by atoms with Crippen LogP contribution in [0.2, 0.25) is 0 Å². The number of fused-ring (bicyclic) bond motifs is 1. The maximum Gasteiger partial charge on any atom is 0.0799 e. The quantitative estimate of drug-likeness (QED) is 0.591. The van der Waals surface area contributed by atoms with Crippen molar-refractivity contribution in [2.45, 2.75) is 31.8 Å². The Bertz CT molecular complexity index is 770. The molecule has 3 aromatic rings. The molecule has 0 spiro atoms. The third-order valence-corrected chi connectivity index (χ3v) is 5.38. The van der Waals surface area contributed by atoms with Crippen LogP contribution in [0.4, 0.5) is 5.69 Å². The topological polar surface area (TPSA) is 3.24 Å². The first kappa shape index (κ1) is 15.0. The van der Waals surface area contributed by atoms with Crippen molar-refractivity contribution < 1.29 is 0 Å². The van der Waals surface area contributed by atoms with Crippen molar-refractivity contribution in [3.8, 4) is 0 Å². The van der Waals surface area contributed by atoms with E-state index in [-0.39, 0.29) is 6.04 Å². The van der Waals surface area contributed by atoms with Gasteiger partial charge < -0.3 is 4.90 Å². The molecule has 1 aliphatic rings. The minimum atomic E-state index is 0.244. The van der Waals surface area contributed by atoms with E-state index in [1.54, 1.807) is 0 Å². The monoisotopic (exact) mass is 313 g/mol. The van der Waals surface area contributed by atoms with Crippen molar-refractivity contribution in [2.24, 2.45) is 0 Å². The molecule has 0 N–H and O–H groups in total. The number of rotatable bonds is 3. The van der Waals surface area contributed by atoms with Crippen molar-refractivity contribution >= 4 is 5.69 Å². The second kappa shape index (κ2) is 6.16. The summed E-state index contributed by atoms with van der Waals surface area (Å²) in [6.45, 7) is 4.69. The van der Waals surface area contributed by atoms with E-state index in [4.69, 9.17) is 0 Å². The average molecular weight is 313 g/mol. The molecule has 0 aliphatic carbocycles. The zero-order valence-corrected chi connectivity index (χ0v) is 14.3. The van der Waals surface area contributed by atoms with Crippen LogP contribution in [-0.4, -0.2) is 6.04 Å². The van der Waals surface area contributed by atoms with Gasteiger partial charge in [0.25, 0.3) is 0 Å². The molecular formula is C23H23N. The average Bonchev–Trinajstić information content (AvgIpc) is 2.90. The van der Waals surface area contributed by atoms with Crippen molar-refractivity contribution in [2.75, 3.05) is 4.90 Å². The fraction of sp³-hybridized carbons (Fsp3) is 0.217. The second-order valence-electron chi connectivity index (χ2n) is 6.72. The van der Waals surface area contributed by atoms with Crippen molar-refractivity contribution in [1.82, 2.24) is 0 Å². The summed E-state index contributed by atoms with van der Waals surface area (Å²) in [5.74, 6) is 0.538. The van der Waals surface area contributed by atoms with Crippen LogP contribution < -0.4 is 4.90 Å². The molecule has 0 radical (unpaired) electrons. The van der Waals surface area contributed by atoms with E-state index in [1.807, 2.05) is 0 Å². The Morgan fingerprint density at radius 2 is 1.17 bits per heavy atom. The maximum absolute atomic E-state index is 2.60. The SMILES string of the molecule is CC1c2ccccc2N(C(c2ccccc2)c2ccccc2)[C@H]1C. The minimum absolute atomic E-state index is 0.244. The Kier molecular flexibility index (Phi) is 3.86. The van der Waals surface area contributed by atoms with Gasteiger partial charge in [0.2, 0.25) is 0 Å². The van der Waals surface area contributed by atoms with E-state index in [9.17, 15) is 0 Å². The molecule has 0 fully saturated rings. The van der Waals surface area contributed by atoms with E-state index >= 15 is 0 Å². The highest BCUT2D eigenvalue weighted by atomic mass is 15.2. The molecule has 3 aromatic carbocycles. The molecule has 0 bridgehead atoms. The largest absolute Gasteiger partial charge is 0.357 e. The number of hydrogen-bond donors (Lipinski definition) is 0. The van der Waals surface area contributed by atoms with Crippen LogP contribution in [-0.2, 0) is 0 Å². The van der Waals surface area contributed by atoms with E-state index in [0.29, 0.717) is 12.0 Å². The lowest BCUT2D eigenvalue weighted by molar-refractivity contribution is 0.558. The summed E-state index contributed by atoms with van der Waals surface area (Å²) < 4.78 is 0. The Labute approximate surface area is 144 Å². The van der Waals surface area contributed by atoms with Gasteiger partial charge in [0.05, 0.1) is 6.04 Å². The van der Waals surface area contributed by atoms with Gasteiger partial charge in [0.15, 0.2) is 0 Å². The van der Waals surface area contributed by atoms with E-state index in [2.05, 4.69) is 104 Å². The van der Waals surface area contributed by atoms with E-state index in [1.165, 1.54) is 22.4 Å². The first-order valence-corrected chi connectivity index (χ1v) is 8.74. The summed E-state index contributed by atoms with van der Waals surface area (Å²) in [6.07, 6.45) is 0. The highest BCUT2D eigenvalue weighted by molar-refractivity contribution is 5.64. The van der Waals surface area contributed by atoms with Crippen LogP contribution in [0.15, 0.2) is 84.9 Å². The lowest BCUT2D eigenvalue weighted by atomic mass is 9.95. The molecule has 1 aliphatic heterocycles. The van der Waals surface area contributed by atoms with Gasteiger partial charge in [-0.2, -0.15) is 0 Å². The normalized spacial score (nSPS) is 19.5. The van der Waals surface area contributed by atoms with Crippen LogP contribution in [0, 0.1) is 0 Å². The zero-order chi connectivity index (χ0) is 16.5. The smallest absolute Gasteiger partial charge is 0.0799 e. The fourth-order valence-electron chi connectivity index (χ4n) is 3.99. The van der Waals surface area contributed by atoms with Crippen molar-refractivity contribution in [3.05, 3.63) is 102 Å². The van der Waals surface area contributed by atoms with Gasteiger partial charge in [-0.1, -0.05) is 85.8 Å².